The van der Waals surface area contributed by atoms with Gasteiger partial charge in [0.1, 0.15) is 11.3 Å². The summed E-state index contributed by atoms with van der Waals surface area (Å²) in [6, 6.07) is 7.95. The Hall–Kier alpha value is -2.41. The van der Waals surface area contributed by atoms with Crippen molar-refractivity contribution in [1.82, 2.24) is 15.0 Å². The van der Waals surface area contributed by atoms with Gasteiger partial charge in [-0.1, -0.05) is 6.07 Å². The number of sulfone groups is 1. The number of H-pyrrole nitrogens is 2. The van der Waals surface area contributed by atoms with Crippen LogP contribution in [0.3, 0.4) is 0 Å². The SMILES string of the molecule is CS(=O)(=O)c1cccc2[nH]c(-c3ccc(=O)[nH]c3)nc12. The van der Waals surface area contributed by atoms with E-state index in [0.29, 0.717) is 22.4 Å². The van der Waals surface area contributed by atoms with Crippen LogP contribution >= 0.6 is 0 Å². The molecular formula is C13H11N3O3S. The quantitative estimate of drug-likeness (QED) is 0.743. The monoisotopic (exact) mass is 289 g/mol. The van der Waals surface area contributed by atoms with Crippen LogP contribution in [0.2, 0.25) is 0 Å². The van der Waals surface area contributed by atoms with Crippen LogP contribution in [-0.2, 0) is 9.84 Å². The van der Waals surface area contributed by atoms with Crippen molar-refractivity contribution in [1.29, 1.82) is 0 Å². The lowest BCUT2D eigenvalue weighted by atomic mass is 10.3. The Balaban J connectivity index is 2.26. The molecule has 0 aliphatic rings. The van der Waals surface area contributed by atoms with E-state index in [1.165, 1.54) is 18.3 Å². The second-order valence-corrected chi connectivity index (χ2v) is 6.44. The van der Waals surface area contributed by atoms with Gasteiger partial charge in [-0.05, 0) is 18.2 Å². The maximum absolute atomic E-state index is 11.7. The molecule has 2 aromatic heterocycles. The van der Waals surface area contributed by atoms with Crippen molar-refractivity contribution in [2.75, 3.05) is 6.26 Å². The molecule has 0 radical (unpaired) electrons. The maximum atomic E-state index is 11.7. The number of benzene rings is 1. The number of rotatable bonds is 2. The second kappa shape index (κ2) is 4.31. The lowest BCUT2D eigenvalue weighted by Gasteiger charge is -1.97. The third-order valence-corrected chi connectivity index (χ3v) is 4.06. The number of aromatic nitrogens is 3. The Morgan fingerprint density at radius 3 is 2.60 bits per heavy atom. The molecule has 0 bridgehead atoms. The minimum atomic E-state index is -3.35. The highest BCUT2D eigenvalue weighted by Crippen LogP contribution is 2.24. The molecule has 20 heavy (non-hydrogen) atoms. The molecule has 0 spiro atoms. The molecule has 0 atom stereocenters. The number of nitrogens with one attached hydrogen (secondary N) is 2. The molecular weight excluding hydrogens is 278 g/mol. The number of nitrogens with zero attached hydrogens (tertiary/aromatic N) is 1. The van der Waals surface area contributed by atoms with Gasteiger partial charge in [0.05, 0.1) is 10.4 Å². The van der Waals surface area contributed by atoms with E-state index in [0.717, 1.165) is 6.26 Å². The van der Waals surface area contributed by atoms with Crippen LogP contribution in [0.1, 0.15) is 0 Å². The van der Waals surface area contributed by atoms with Gasteiger partial charge in [-0.2, -0.15) is 0 Å². The fourth-order valence-corrected chi connectivity index (χ4v) is 2.83. The van der Waals surface area contributed by atoms with Gasteiger partial charge in [-0.15, -0.1) is 0 Å². The molecule has 6 nitrogen and oxygen atoms in total. The minimum Gasteiger partial charge on any atom is -0.338 e. The van der Waals surface area contributed by atoms with Crippen LogP contribution in [0, 0.1) is 0 Å². The second-order valence-electron chi connectivity index (χ2n) is 4.45. The standard InChI is InChI=1S/C13H11N3O3S/c1-20(18,19)10-4-2-3-9-12(10)16-13(15-9)8-5-6-11(17)14-7-8/h2-7H,1H3,(H,14,17)(H,15,16). The summed E-state index contributed by atoms with van der Waals surface area (Å²) in [6.45, 7) is 0. The largest absolute Gasteiger partial charge is 0.338 e. The molecule has 3 rings (SSSR count). The molecule has 2 heterocycles. The zero-order valence-electron chi connectivity index (χ0n) is 10.5. The Morgan fingerprint density at radius 2 is 1.95 bits per heavy atom. The van der Waals surface area contributed by atoms with Crippen LogP contribution in [0.4, 0.5) is 0 Å². The van der Waals surface area contributed by atoms with E-state index < -0.39 is 9.84 Å². The summed E-state index contributed by atoms with van der Waals surface area (Å²) < 4.78 is 23.5. The zero-order chi connectivity index (χ0) is 14.3. The van der Waals surface area contributed by atoms with Gasteiger partial charge in [0.2, 0.25) is 5.56 Å². The van der Waals surface area contributed by atoms with Crippen LogP contribution in [0.15, 0.2) is 46.2 Å². The first-order valence-corrected chi connectivity index (χ1v) is 7.72. The van der Waals surface area contributed by atoms with E-state index >= 15 is 0 Å². The van der Waals surface area contributed by atoms with Crippen molar-refractivity contribution < 1.29 is 8.42 Å². The van der Waals surface area contributed by atoms with Gasteiger partial charge in [0.15, 0.2) is 9.84 Å². The summed E-state index contributed by atoms with van der Waals surface area (Å²) in [7, 11) is -3.35. The first kappa shape index (κ1) is 12.6. The van der Waals surface area contributed by atoms with Gasteiger partial charge >= 0.3 is 0 Å². The van der Waals surface area contributed by atoms with E-state index in [-0.39, 0.29) is 10.5 Å². The van der Waals surface area contributed by atoms with Crippen molar-refractivity contribution in [3.05, 3.63) is 46.9 Å². The van der Waals surface area contributed by atoms with E-state index in [1.54, 1.807) is 18.2 Å². The van der Waals surface area contributed by atoms with Crippen molar-refractivity contribution in [3.63, 3.8) is 0 Å². The highest BCUT2D eigenvalue weighted by molar-refractivity contribution is 7.91. The van der Waals surface area contributed by atoms with Crippen molar-refractivity contribution in [3.8, 4) is 11.4 Å². The Bertz CT molecular complexity index is 934. The molecule has 0 saturated heterocycles. The van der Waals surface area contributed by atoms with Crippen molar-refractivity contribution in [2.24, 2.45) is 0 Å². The summed E-state index contributed by atoms with van der Waals surface area (Å²) in [4.78, 5) is 21.1. The summed E-state index contributed by atoms with van der Waals surface area (Å²) in [6.07, 6.45) is 2.68. The molecule has 0 saturated carbocycles. The number of fused-ring (bicyclic) bond motifs is 1. The lowest BCUT2D eigenvalue weighted by Crippen LogP contribution is -2.01. The number of pyridine rings is 1. The fraction of sp³-hybridized carbons (Fsp3) is 0.0769. The normalized spacial score (nSPS) is 11.8. The molecule has 102 valence electrons. The highest BCUT2D eigenvalue weighted by atomic mass is 32.2. The van der Waals surface area contributed by atoms with Crippen LogP contribution < -0.4 is 5.56 Å². The number of imidazole rings is 1. The Labute approximate surface area is 114 Å². The molecule has 0 fully saturated rings. The summed E-state index contributed by atoms with van der Waals surface area (Å²) in [5.74, 6) is 0.507. The average molecular weight is 289 g/mol. The molecule has 1 aromatic carbocycles. The third-order valence-electron chi connectivity index (χ3n) is 2.93. The van der Waals surface area contributed by atoms with E-state index in [1.807, 2.05) is 0 Å². The molecule has 0 aliphatic carbocycles. The molecule has 0 aliphatic heterocycles. The summed E-state index contributed by atoms with van der Waals surface area (Å²) >= 11 is 0. The topological polar surface area (TPSA) is 95.7 Å². The molecule has 3 aromatic rings. The average Bonchev–Trinajstić information content (AvgIpc) is 2.81. The predicted octanol–water partition coefficient (Wildman–Crippen LogP) is 1.32. The molecule has 0 amide bonds. The first-order valence-electron chi connectivity index (χ1n) is 5.83. The van der Waals surface area contributed by atoms with E-state index in [4.69, 9.17) is 0 Å². The van der Waals surface area contributed by atoms with Crippen molar-refractivity contribution in [2.45, 2.75) is 4.90 Å². The lowest BCUT2D eigenvalue weighted by molar-refractivity contribution is 0.602. The zero-order valence-corrected chi connectivity index (χ0v) is 11.4. The van der Waals surface area contributed by atoms with Gasteiger partial charge in [0, 0.05) is 24.1 Å². The molecule has 0 unspecified atom stereocenters. The van der Waals surface area contributed by atoms with Crippen molar-refractivity contribution >= 4 is 20.9 Å². The smallest absolute Gasteiger partial charge is 0.247 e. The number of para-hydroxylation sites is 1. The molecule has 2 N–H and O–H groups in total. The van der Waals surface area contributed by atoms with Crippen LogP contribution in [0.5, 0.6) is 0 Å². The summed E-state index contributed by atoms with van der Waals surface area (Å²) in [5.41, 5.74) is 1.51. The predicted molar refractivity (Wildman–Crippen MR) is 75.3 cm³/mol. The minimum absolute atomic E-state index is 0.182. The van der Waals surface area contributed by atoms with Crippen LogP contribution in [-0.4, -0.2) is 29.6 Å². The highest BCUT2D eigenvalue weighted by Gasteiger charge is 2.15. The molecule has 7 heteroatoms. The Morgan fingerprint density at radius 1 is 1.15 bits per heavy atom. The van der Waals surface area contributed by atoms with Gasteiger partial charge in [0.25, 0.3) is 0 Å². The maximum Gasteiger partial charge on any atom is 0.247 e. The number of hydrogen-bond acceptors (Lipinski definition) is 4. The first-order chi connectivity index (χ1) is 9.45. The van der Waals surface area contributed by atoms with Gasteiger partial charge in [-0.3, -0.25) is 4.79 Å². The van der Waals surface area contributed by atoms with Gasteiger partial charge < -0.3 is 9.97 Å². The van der Waals surface area contributed by atoms with Crippen LogP contribution in [0.25, 0.3) is 22.4 Å². The Kier molecular flexibility index (Phi) is 2.72. The summed E-state index contributed by atoms with van der Waals surface area (Å²) in [5, 5.41) is 0. The van der Waals surface area contributed by atoms with E-state index in [9.17, 15) is 13.2 Å². The number of hydrogen-bond donors (Lipinski definition) is 2. The number of aromatic amines is 2. The van der Waals surface area contributed by atoms with E-state index in [2.05, 4.69) is 15.0 Å². The fourth-order valence-electron chi connectivity index (χ4n) is 2.00. The third kappa shape index (κ3) is 2.12. The van der Waals surface area contributed by atoms with Gasteiger partial charge in [-0.25, -0.2) is 13.4 Å².